The number of nitrogens with zero attached hydrogens (tertiary/aromatic N) is 4. The maximum atomic E-state index is 5.93. The molecule has 2 aliphatic heterocycles. The summed E-state index contributed by atoms with van der Waals surface area (Å²) in [5.41, 5.74) is 4.22. The molecule has 0 saturated carbocycles. The van der Waals surface area contributed by atoms with Crippen molar-refractivity contribution in [2.24, 2.45) is 9.98 Å². The standard InChI is InChI=1S/C36H56N6O4/c1-3-11-33-34(12-4-1)38-16-8-20-42-22-10-18-40-36-14-6-2-5-13-35(36)39-17-9-21-41(19-7-15-37-33)23-25-43-27-29-45-31-32-46-30-28-44-26-24-42/h1-6,11-14,37,40H,7-10,15-32H2. The van der Waals surface area contributed by atoms with Crippen molar-refractivity contribution in [3.05, 3.63) is 72.2 Å². The van der Waals surface area contributed by atoms with E-state index in [0.717, 1.165) is 114 Å². The molecule has 10 heteroatoms. The molecule has 0 saturated heterocycles. The molecule has 4 aliphatic rings. The number of nitrogens with one attached hydrogen (secondary N) is 2. The van der Waals surface area contributed by atoms with Crippen LogP contribution in [0.25, 0.3) is 0 Å². The molecule has 0 aromatic carbocycles. The summed E-state index contributed by atoms with van der Waals surface area (Å²) in [6.45, 7) is 13.8. The fourth-order valence-electron chi connectivity index (χ4n) is 5.51. The number of aliphatic imine (C=N–C) groups is 2. The van der Waals surface area contributed by atoms with Crippen molar-refractivity contribution in [3.8, 4) is 0 Å². The number of rotatable bonds is 0. The Kier molecular flexibility index (Phi) is 18.4. The summed E-state index contributed by atoms with van der Waals surface area (Å²) in [4.78, 5) is 15.0. The zero-order valence-electron chi connectivity index (χ0n) is 27.8. The van der Waals surface area contributed by atoms with Crippen molar-refractivity contribution in [3.63, 3.8) is 0 Å². The molecule has 10 nitrogen and oxygen atoms in total. The molecule has 0 spiro atoms. The first kappa shape index (κ1) is 36.0. The first-order chi connectivity index (χ1) is 22.9. The summed E-state index contributed by atoms with van der Waals surface area (Å²) in [7, 11) is 0. The molecule has 46 heavy (non-hydrogen) atoms. The highest BCUT2D eigenvalue weighted by atomic mass is 16.6. The third kappa shape index (κ3) is 15.2. The van der Waals surface area contributed by atoms with Gasteiger partial charge in [0.1, 0.15) is 0 Å². The van der Waals surface area contributed by atoms with Gasteiger partial charge in [-0.2, -0.15) is 0 Å². The van der Waals surface area contributed by atoms with Crippen molar-refractivity contribution < 1.29 is 18.9 Å². The monoisotopic (exact) mass is 636 g/mol. The van der Waals surface area contributed by atoms with Crippen LogP contribution >= 0.6 is 0 Å². The van der Waals surface area contributed by atoms with Crippen LogP contribution in [-0.4, -0.2) is 140 Å². The van der Waals surface area contributed by atoms with E-state index in [1.165, 1.54) is 0 Å². The minimum Gasteiger partial charge on any atom is -0.383 e. The van der Waals surface area contributed by atoms with Crippen LogP contribution in [-0.2, 0) is 18.9 Å². The quantitative estimate of drug-likeness (QED) is 0.419. The van der Waals surface area contributed by atoms with Gasteiger partial charge < -0.3 is 39.4 Å². The van der Waals surface area contributed by atoms with Crippen LogP contribution in [0.3, 0.4) is 0 Å². The van der Waals surface area contributed by atoms with Gasteiger partial charge in [0.2, 0.25) is 0 Å². The lowest BCUT2D eigenvalue weighted by molar-refractivity contribution is -0.00577. The van der Waals surface area contributed by atoms with Gasteiger partial charge in [-0.05, 0) is 76.2 Å². The van der Waals surface area contributed by atoms with E-state index in [2.05, 4.69) is 81.2 Å². The Morgan fingerprint density at radius 3 is 1.33 bits per heavy atom. The Hall–Kier alpha value is -2.86. The van der Waals surface area contributed by atoms with Crippen molar-refractivity contribution in [1.29, 1.82) is 0 Å². The number of allylic oxidation sites excluding steroid dienone is 10. The van der Waals surface area contributed by atoms with E-state index in [9.17, 15) is 0 Å². The normalized spacial score (nSPS) is 26.3. The Morgan fingerprint density at radius 2 is 0.870 bits per heavy atom. The molecule has 0 fully saturated rings. The smallest absolute Gasteiger partial charge is 0.0805 e. The average Bonchev–Trinajstić information content (AvgIpc) is 3.43. The molecule has 254 valence electrons. The molecule has 2 heterocycles. The molecule has 2 bridgehead atoms. The second kappa shape index (κ2) is 23.5. The molecule has 2 unspecified atom stereocenters. The maximum absolute atomic E-state index is 5.93. The highest BCUT2D eigenvalue weighted by molar-refractivity contribution is 6.09. The van der Waals surface area contributed by atoms with Gasteiger partial charge in [0.25, 0.3) is 0 Å². The van der Waals surface area contributed by atoms with Gasteiger partial charge in [0.15, 0.2) is 0 Å². The van der Waals surface area contributed by atoms with Gasteiger partial charge in [-0.25, -0.2) is 0 Å². The Balaban J connectivity index is 1.47. The van der Waals surface area contributed by atoms with Crippen LogP contribution in [0, 0.1) is 0 Å². The van der Waals surface area contributed by atoms with Crippen LogP contribution in [0.15, 0.2) is 82.1 Å². The van der Waals surface area contributed by atoms with Crippen molar-refractivity contribution in [2.75, 3.05) is 118 Å². The third-order valence-electron chi connectivity index (χ3n) is 8.01. The largest absolute Gasteiger partial charge is 0.383 e. The zero-order chi connectivity index (χ0) is 31.7. The van der Waals surface area contributed by atoms with Crippen LogP contribution in [0.2, 0.25) is 0 Å². The molecule has 2 atom stereocenters. The molecule has 2 aliphatic carbocycles. The molecule has 0 radical (unpaired) electrons. The van der Waals surface area contributed by atoms with Crippen LogP contribution in [0.5, 0.6) is 0 Å². The first-order valence-corrected chi connectivity index (χ1v) is 17.3. The Morgan fingerprint density at radius 1 is 0.457 bits per heavy atom. The molecule has 4 rings (SSSR count). The van der Waals surface area contributed by atoms with Gasteiger partial charge in [-0.1, -0.05) is 36.5 Å². The molecular formula is C36H56N6O4. The lowest BCUT2D eigenvalue weighted by Gasteiger charge is -2.23. The molecule has 0 aromatic rings. The van der Waals surface area contributed by atoms with E-state index >= 15 is 0 Å². The topological polar surface area (TPSA) is 92.2 Å². The highest BCUT2D eigenvalue weighted by Gasteiger charge is 2.11. The number of fused-ring (bicyclic) bond motifs is 9. The highest BCUT2D eigenvalue weighted by Crippen LogP contribution is 2.07. The first-order valence-electron chi connectivity index (χ1n) is 17.3. The lowest BCUT2D eigenvalue weighted by Crippen LogP contribution is -2.33. The van der Waals surface area contributed by atoms with E-state index in [1.54, 1.807) is 0 Å². The summed E-state index contributed by atoms with van der Waals surface area (Å²) in [5, 5.41) is 7.34. The summed E-state index contributed by atoms with van der Waals surface area (Å²) in [6.07, 6.45) is 25.0. The van der Waals surface area contributed by atoms with Crippen molar-refractivity contribution in [1.82, 2.24) is 20.4 Å². The number of hydrogen-bond donors (Lipinski definition) is 2. The SMILES string of the molecule is C1=CC=C2NCCCN3CCCN=C4C=CC=CC=C4NCCCN(CCCN=C2C=C1)CCOCCOCCOCCOCC3. The summed E-state index contributed by atoms with van der Waals surface area (Å²) in [5.74, 6) is 0. The van der Waals surface area contributed by atoms with Gasteiger partial charge >= 0.3 is 0 Å². The molecule has 0 aromatic heterocycles. The van der Waals surface area contributed by atoms with Gasteiger partial charge in [0, 0.05) is 39.3 Å². The molecule has 2 N–H and O–H groups in total. The summed E-state index contributed by atoms with van der Waals surface area (Å²) in [6, 6.07) is 0. The molecule has 0 amide bonds. The van der Waals surface area contributed by atoms with E-state index in [1.807, 2.05) is 0 Å². The van der Waals surface area contributed by atoms with Gasteiger partial charge in [-0.3, -0.25) is 9.98 Å². The predicted octanol–water partition coefficient (Wildman–Crippen LogP) is 3.33. The van der Waals surface area contributed by atoms with Gasteiger partial charge in [-0.15, -0.1) is 0 Å². The Bertz CT molecular complexity index is 1020. The second-order valence-corrected chi connectivity index (χ2v) is 11.6. The van der Waals surface area contributed by atoms with E-state index in [0.29, 0.717) is 52.9 Å². The van der Waals surface area contributed by atoms with E-state index in [-0.39, 0.29) is 0 Å². The predicted molar refractivity (Wildman–Crippen MR) is 188 cm³/mol. The van der Waals surface area contributed by atoms with Crippen molar-refractivity contribution in [2.45, 2.75) is 25.7 Å². The Labute approximate surface area is 276 Å². The molecular weight excluding hydrogens is 580 g/mol. The van der Waals surface area contributed by atoms with Crippen LogP contribution < -0.4 is 10.6 Å². The minimum absolute atomic E-state index is 0.571. The number of ether oxygens (including phenoxy) is 4. The van der Waals surface area contributed by atoms with E-state index < -0.39 is 0 Å². The third-order valence-corrected chi connectivity index (χ3v) is 8.01. The zero-order valence-corrected chi connectivity index (χ0v) is 27.8. The minimum atomic E-state index is 0.571. The van der Waals surface area contributed by atoms with Crippen LogP contribution in [0.4, 0.5) is 0 Å². The summed E-state index contributed by atoms with van der Waals surface area (Å²) < 4.78 is 23.3. The van der Waals surface area contributed by atoms with Crippen molar-refractivity contribution >= 4 is 11.4 Å². The average molecular weight is 637 g/mol. The maximum Gasteiger partial charge on any atom is 0.0805 e. The summed E-state index contributed by atoms with van der Waals surface area (Å²) >= 11 is 0. The van der Waals surface area contributed by atoms with Gasteiger partial charge in [0.05, 0.1) is 75.7 Å². The fourth-order valence-corrected chi connectivity index (χ4v) is 5.51. The van der Waals surface area contributed by atoms with E-state index in [4.69, 9.17) is 28.9 Å². The lowest BCUT2D eigenvalue weighted by atomic mass is 10.2. The van der Waals surface area contributed by atoms with Crippen LogP contribution in [0.1, 0.15) is 25.7 Å². The fraction of sp³-hybridized carbons (Fsp3) is 0.611. The second-order valence-electron chi connectivity index (χ2n) is 11.6. The number of hydrogen-bond acceptors (Lipinski definition) is 10.